The molecule has 0 aliphatic heterocycles. The molecular weight excluding hydrogens is 272 g/mol. The zero-order valence-corrected chi connectivity index (χ0v) is 12.8. The summed E-state index contributed by atoms with van der Waals surface area (Å²) in [7, 11) is 1.25. The molecule has 0 heterocycles. The molecule has 0 bridgehead atoms. The van der Waals surface area contributed by atoms with Gasteiger partial charge in [0.25, 0.3) is 0 Å². The Bertz CT molecular complexity index is 482. The van der Waals surface area contributed by atoms with Crippen molar-refractivity contribution in [1.29, 1.82) is 0 Å². The number of hydrogen-bond donors (Lipinski definition) is 2. The summed E-state index contributed by atoms with van der Waals surface area (Å²) in [5.74, 6) is -0.611. The molecular formula is C15H22N2O4. The highest BCUT2D eigenvalue weighted by molar-refractivity contribution is 5.78. The smallest absolute Gasteiger partial charge is 0.408 e. The summed E-state index contributed by atoms with van der Waals surface area (Å²) in [6, 6.07) is 7.21. The van der Waals surface area contributed by atoms with Gasteiger partial charge in [-0.2, -0.15) is 0 Å². The third-order valence-corrected chi connectivity index (χ3v) is 2.66. The van der Waals surface area contributed by atoms with Crippen LogP contribution >= 0.6 is 0 Å². The molecule has 0 aromatic heterocycles. The Balaban J connectivity index is 2.93. The second kappa shape index (κ2) is 7.08. The van der Waals surface area contributed by atoms with E-state index in [4.69, 9.17) is 10.5 Å². The first-order valence-electron chi connectivity index (χ1n) is 6.62. The third kappa shape index (κ3) is 5.43. The van der Waals surface area contributed by atoms with Crippen LogP contribution in [0.1, 0.15) is 32.4 Å². The van der Waals surface area contributed by atoms with Gasteiger partial charge in [-0.05, 0) is 26.3 Å². The maximum Gasteiger partial charge on any atom is 0.408 e. The van der Waals surface area contributed by atoms with Crippen molar-refractivity contribution >= 4 is 12.1 Å². The van der Waals surface area contributed by atoms with Gasteiger partial charge in [-0.1, -0.05) is 30.3 Å². The average molecular weight is 294 g/mol. The third-order valence-electron chi connectivity index (χ3n) is 2.66. The Labute approximate surface area is 124 Å². The van der Waals surface area contributed by atoms with Crippen LogP contribution in [0.15, 0.2) is 30.3 Å². The van der Waals surface area contributed by atoms with E-state index in [0.717, 1.165) is 0 Å². The lowest BCUT2D eigenvalue weighted by molar-refractivity contribution is -0.142. The van der Waals surface area contributed by atoms with Crippen LogP contribution in [0.25, 0.3) is 0 Å². The van der Waals surface area contributed by atoms with Crippen molar-refractivity contribution < 1.29 is 19.1 Å². The SMILES string of the molecule is COC(=O)[C@@H](N)[C@@H](NC(=O)OC(C)(C)C)c1ccccc1. The Hall–Kier alpha value is -2.08. The quantitative estimate of drug-likeness (QED) is 0.826. The van der Waals surface area contributed by atoms with Crippen LogP contribution in [0, 0.1) is 0 Å². The number of esters is 1. The van der Waals surface area contributed by atoms with Gasteiger partial charge in [-0.25, -0.2) is 4.79 Å². The fourth-order valence-electron chi connectivity index (χ4n) is 1.75. The van der Waals surface area contributed by atoms with Crippen LogP contribution in [0.2, 0.25) is 0 Å². The molecule has 3 N–H and O–H groups in total. The van der Waals surface area contributed by atoms with E-state index in [0.29, 0.717) is 5.56 Å². The highest BCUT2D eigenvalue weighted by Crippen LogP contribution is 2.18. The molecule has 0 saturated heterocycles. The highest BCUT2D eigenvalue weighted by atomic mass is 16.6. The first-order chi connectivity index (χ1) is 9.74. The predicted octanol–water partition coefficient (Wildman–Crippen LogP) is 1.75. The predicted molar refractivity (Wildman–Crippen MR) is 78.5 cm³/mol. The molecule has 6 heteroatoms. The van der Waals surface area contributed by atoms with E-state index in [1.807, 2.05) is 6.07 Å². The molecule has 1 aromatic rings. The molecule has 21 heavy (non-hydrogen) atoms. The largest absolute Gasteiger partial charge is 0.468 e. The van der Waals surface area contributed by atoms with Crippen molar-refractivity contribution in [2.75, 3.05) is 7.11 Å². The van der Waals surface area contributed by atoms with Crippen LogP contribution in [0.5, 0.6) is 0 Å². The summed E-state index contributed by atoms with van der Waals surface area (Å²) >= 11 is 0. The highest BCUT2D eigenvalue weighted by Gasteiger charge is 2.30. The van der Waals surface area contributed by atoms with Crippen LogP contribution in [-0.2, 0) is 14.3 Å². The Morgan fingerprint density at radius 2 is 1.76 bits per heavy atom. The average Bonchev–Trinajstić information content (AvgIpc) is 2.42. The first-order valence-corrected chi connectivity index (χ1v) is 6.62. The Morgan fingerprint density at radius 3 is 2.24 bits per heavy atom. The van der Waals surface area contributed by atoms with Gasteiger partial charge in [0.05, 0.1) is 13.2 Å². The summed E-state index contributed by atoms with van der Waals surface area (Å²) in [5, 5.41) is 2.62. The van der Waals surface area contributed by atoms with Crippen LogP contribution < -0.4 is 11.1 Å². The van der Waals surface area contributed by atoms with Crippen LogP contribution in [0.4, 0.5) is 4.79 Å². The van der Waals surface area contributed by atoms with Gasteiger partial charge in [0, 0.05) is 0 Å². The molecule has 2 atom stereocenters. The molecule has 0 fully saturated rings. The standard InChI is InChI=1S/C15H22N2O4/c1-15(2,3)21-14(19)17-12(11(16)13(18)20-4)10-8-6-5-7-9-10/h5-9,11-12H,16H2,1-4H3,(H,17,19)/t11-,12-/m0/s1. The lowest BCUT2D eigenvalue weighted by Gasteiger charge is -2.26. The second-order valence-corrected chi connectivity index (χ2v) is 5.58. The van der Waals surface area contributed by atoms with Gasteiger partial charge in [0.15, 0.2) is 0 Å². The summed E-state index contributed by atoms with van der Waals surface area (Å²) in [6.45, 7) is 5.26. The molecule has 0 radical (unpaired) electrons. The maximum atomic E-state index is 11.9. The fraction of sp³-hybridized carbons (Fsp3) is 0.467. The minimum absolute atomic E-state index is 0.611. The van der Waals surface area contributed by atoms with Crippen molar-refractivity contribution in [3.63, 3.8) is 0 Å². The number of methoxy groups -OCH3 is 1. The number of rotatable bonds is 4. The summed E-state index contributed by atoms with van der Waals surface area (Å²) in [6.07, 6.45) is -0.643. The van der Waals surface area contributed by atoms with Crippen LogP contribution in [-0.4, -0.2) is 30.8 Å². The van der Waals surface area contributed by atoms with Crippen molar-refractivity contribution in [3.8, 4) is 0 Å². The number of carbonyl (C=O) groups excluding carboxylic acids is 2. The number of nitrogens with two attached hydrogens (primary N) is 1. The first kappa shape index (κ1) is 17.0. The van der Waals surface area contributed by atoms with E-state index < -0.39 is 29.7 Å². The number of ether oxygens (including phenoxy) is 2. The second-order valence-electron chi connectivity index (χ2n) is 5.58. The van der Waals surface area contributed by atoms with E-state index in [1.54, 1.807) is 45.0 Å². The lowest BCUT2D eigenvalue weighted by Crippen LogP contribution is -2.47. The molecule has 0 saturated carbocycles. The van der Waals surface area contributed by atoms with Crippen molar-refractivity contribution in [1.82, 2.24) is 5.32 Å². The van der Waals surface area contributed by atoms with E-state index in [2.05, 4.69) is 10.1 Å². The molecule has 0 aliphatic carbocycles. The van der Waals surface area contributed by atoms with Crippen molar-refractivity contribution in [2.45, 2.75) is 38.5 Å². The van der Waals surface area contributed by atoms with E-state index in [9.17, 15) is 9.59 Å². The number of nitrogens with one attached hydrogen (secondary N) is 1. The molecule has 1 rings (SSSR count). The number of carbonyl (C=O) groups is 2. The van der Waals surface area contributed by atoms with Crippen LogP contribution in [0.3, 0.4) is 0 Å². The Kier molecular flexibility index (Phi) is 5.72. The van der Waals surface area contributed by atoms with Crippen molar-refractivity contribution in [3.05, 3.63) is 35.9 Å². The number of hydrogen-bond acceptors (Lipinski definition) is 5. The molecule has 0 aliphatic rings. The molecule has 1 aromatic carbocycles. The molecule has 116 valence electrons. The minimum Gasteiger partial charge on any atom is -0.468 e. The minimum atomic E-state index is -1.02. The van der Waals surface area contributed by atoms with Gasteiger partial charge >= 0.3 is 12.1 Å². The normalized spacial score (nSPS) is 14.0. The van der Waals surface area contributed by atoms with E-state index >= 15 is 0 Å². The van der Waals surface area contributed by atoms with Gasteiger partial charge in [0.2, 0.25) is 0 Å². The van der Waals surface area contributed by atoms with Gasteiger partial charge in [-0.3, -0.25) is 4.79 Å². The number of alkyl carbamates (subject to hydrolysis) is 1. The van der Waals surface area contributed by atoms with Gasteiger partial charge < -0.3 is 20.5 Å². The molecule has 6 nitrogen and oxygen atoms in total. The molecule has 0 unspecified atom stereocenters. The summed E-state index contributed by atoms with van der Waals surface area (Å²) in [5.41, 5.74) is 5.93. The molecule has 0 spiro atoms. The monoisotopic (exact) mass is 294 g/mol. The Morgan fingerprint density at radius 1 is 1.19 bits per heavy atom. The molecule has 1 amide bonds. The van der Waals surface area contributed by atoms with Crippen molar-refractivity contribution in [2.24, 2.45) is 5.73 Å². The maximum absolute atomic E-state index is 11.9. The number of amides is 1. The van der Waals surface area contributed by atoms with E-state index in [1.165, 1.54) is 7.11 Å². The number of benzene rings is 1. The topological polar surface area (TPSA) is 90.6 Å². The summed E-state index contributed by atoms with van der Waals surface area (Å²) < 4.78 is 9.84. The zero-order valence-electron chi connectivity index (χ0n) is 12.8. The zero-order chi connectivity index (χ0) is 16.0. The van der Waals surface area contributed by atoms with E-state index in [-0.39, 0.29) is 0 Å². The van der Waals surface area contributed by atoms with Gasteiger partial charge in [0.1, 0.15) is 11.6 Å². The van der Waals surface area contributed by atoms with Gasteiger partial charge in [-0.15, -0.1) is 0 Å². The lowest BCUT2D eigenvalue weighted by atomic mass is 10.00. The summed E-state index contributed by atoms with van der Waals surface area (Å²) in [4.78, 5) is 23.6. The fourth-order valence-corrected chi connectivity index (χ4v) is 1.75.